The van der Waals surface area contributed by atoms with Crippen LogP contribution in [0, 0.1) is 11.3 Å². The van der Waals surface area contributed by atoms with Crippen LogP contribution in [0.5, 0.6) is 0 Å². The van der Waals surface area contributed by atoms with Gasteiger partial charge in [0.25, 0.3) is 0 Å². The van der Waals surface area contributed by atoms with Gasteiger partial charge in [-0.05, 0) is 24.6 Å². The van der Waals surface area contributed by atoms with Crippen molar-refractivity contribution in [3.05, 3.63) is 45.6 Å². The van der Waals surface area contributed by atoms with E-state index < -0.39 is 47.0 Å². The normalized spacial score (nSPS) is 14.2. The van der Waals surface area contributed by atoms with E-state index in [9.17, 15) is 32.9 Å². The van der Waals surface area contributed by atoms with Crippen molar-refractivity contribution in [3.63, 3.8) is 0 Å². The molecule has 0 fully saturated rings. The van der Waals surface area contributed by atoms with Crippen molar-refractivity contribution in [2.45, 2.75) is 18.4 Å². The monoisotopic (exact) mass is 484 g/mol. The first-order chi connectivity index (χ1) is 13.8. The molecule has 0 aliphatic heterocycles. The van der Waals surface area contributed by atoms with Crippen molar-refractivity contribution in [1.82, 2.24) is 4.57 Å². The van der Waals surface area contributed by atoms with Gasteiger partial charge >= 0.3 is 19.7 Å². The van der Waals surface area contributed by atoms with Gasteiger partial charge in [-0.2, -0.15) is 18.4 Å². The van der Waals surface area contributed by atoms with Crippen LogP contribution in [0.1, 0.15) is 18.2 Å². The minimum Gasteiger partial charge on any atom is -0.479 e. The van der Waals surface area contributed by atoms with Gasteiger partial charge in [0.15, 0.2) is 0 Å². The van der Waals surface area contributed by atoms with E-state index >= 15 is 0 Å². The van der Waals surface area contributed by atoms with Crippen LogP contribution < -0.4 is 0 Å². The second-order valence-corrected chi connectivity index (χ2v) is 9.44. The second-order valence-electron chi connectivity index (χ2n) is 6.03. The van der Waals surface area contributed by atoms with Crippen molar-refractivity contribution in [3.8, 4) is 17.3 Å². The van der Waals surface area contributed by atoms with Gasteiger partial charge < -0.3 is 18.7 Å². The third kappa shape index (κ3) is 3.61. The first-order valence-electron chi connectivity index (χ1n) is 7.93. The Morgan fingerprint density at radius 2 is 1.70 bits per heavy atom. The number of nitriles is 1. The largest absolute Gasteiger partial charge is 0.479 e. The first kappa shape index (κ1) is 24.3. The molecule has 1 N–H and O–H groups in total. The minimum absolute atomic E-state index is 0.0282. The maximum Gasteiger partial charge on any atom is 0.433 e. The van der Waals surface area contributed by atoms with Gasteiger partial charge in [0.1, 0.15) is 11.8 Å². The van der Waals surface area contributed by atoms with Crippen molar-refractivity contribution >= 4 is 36.8 Å². The van der Waals surface area contributed by atoms with Gasteiger partial charge in [-0.15, -0.1) is 0 Å². The molecule has 30 heavy (non-hydrogen) atoms. The highest BCUT2D eigenvalue weighted by atomic mass is 35.5. The Morgan fingerprint density at radius 3 is 2.07 bits per heavy atom. The molecule has 0 saturated heterocycles. The number of halogens is 5. The fourth-order valence-electron chi connectivity index (χ4n) is 2.98. The smallest absolute Gasteiger partial charge is 0.433 e. The zero-order chi connectivity index (χ0) is 23.1. The summed E-state index contributed by atoms with van der Waals surface area (Å²) in [5, 5.41) is 15.6. The summed E-state index contributed by atoms with van der Waals surface area (Å²) in [6.45, 7) is 0.731. The van der Waals surface area contributed by atoms with Crippen molar-refractivity contribution in [1.29, 1.82) is 5.26 Å². The molecule has 1 atom stereocenters. The van der Waals surface area contributed by atoms with Crippen molar-refractivity contribution in [2.24, 2.45) is 0 Å². The van der Waals surface area contributed by atoms with Crippen LogP contribution in [0.4, 0.5) is 13.2 Å². The van der Waals surface area contributed by atoms with Crippen molar-refractivity contribution < 1.29 is 36.7 Å². The summed E-state index contributed by atoms with van der Waals surface area (Å²) >= 11 is 11.7. The fourth-order valence-corrected chi connectivity index (χ4v) is 4.97. The molecule has 0 radical (unpaired) electrons. The maximum atomic E-state index is 14.0. The molecule has 2 rings (SSSR count). The van der Waals surface area contributed by atoms with Crippen molar-refractivity contribution in [2.75, 3.05) is 14.2 Å². The van der Waals surface area contributed by atoms with Crippen LogP contribution >= 0.6 is 30.8 Å². The molecule has 1 unspecified atom stereocenters. The summed E-state index contributed by atoms with van der Waals surface area (Å²) < 4.78 is 64.9. The van der Waals surface area contributed by atoms with E-state index in [1.807, 2.05) is 0 Å². The lowest BCUT2D eigenvalue weighted by Crippen LogP contribution is -2.42. The van der Waals surface area contributed by atoms with Gasteiger partial charge in [-0.1, -0.05) is 35.3 Å². The highest BCUT2D eigenvalue weighted by Gasteiger charge is 2.59. The summed E-state index contributed by atoms with van der Waals surface area (Å²) in [7, 11) is -3.12. The number of rotatable bonds is 6. The molecule has 162 valence electrons. The molecule has 1 aromatic carbocycles. The molecule has 0 saturated carbocycles. The zero-order valence-electron chi connectivity index (χ0n) is 15.6. The zero-order valence-corrected chi connectivity index (χ0v) is 18.0. The molecule has 2 aromatic rings. The van der Waals surface area contributed by atoms with Crippen LogP contribution in [0.25, 0.3) is 11.3 Å². The molecule has 1 aromatic heterocycles. The Kier molecular flexibility index (Phi) is 6.67. The Balaban J connectivity index is 3.20. The highest BCUT2D eigenvalue weighted by Crippen LogP contribution is 2.64. The third-order valence-electron chi connectivity index (χ3n) is 4.46. The van der Waals surface area contributed by atoms with Crippen LogP contribution in [-0.4, -0.2) is 29.9 Å². The Morgan fingerprint density at radius 1 is 1.20 bits per heavy atom. The quantitative estimate of drug-likeness (QED) is 0.535. The average Bonchev–Trinajstić information content (AvgIpc) is 2.99. The third-order valence-corrected chi connectivity index (χ3v) is 7.50. The van der Waals surface area contributed by atoms with E-state index in [-0.39, 0.29) is 15.2 Å². The number of hydrogen-bond donors (Lipinski definition) is 1. The first-order valence-corrected chi connectivity index (χ1v) is 10.2. The number of carboxylic acid groups (broad SMARTS) is 1. The van der Waals surface area contributed by atoms with Crippen LogP contribution in [0.2, 0.25) is 10.0 Å². The summed E-state index contributed by atoms with van der Waals surface area (Å²) in [6, 6.07) is 6.72. The number of benzene rings is 1. The Bertz CT molecular complexity index is 1070. The average molecular weight is 485 g/mol. The van der Waals surface area contributed by atoms with Crippen LogP contribution in [-0.2, 0) is 29.9 Å². The summed E-state index contributed by atoms with van der Waals surface area (Å²) in [4.78, 5) is 12.2. The van der Waals surface area contributed by atoms with Crippen LogP contribution in [0.15, 0.2) is 24.3 Å². The molecule has 0 aliphatic rings. The molecule has 7 nitrogen and oxygen atoms in total. The van der Waals surface area contributed by atoms with Gasteiger partial charge in [-0.3, -0.25) is 4.57 Å². The molecular formula is C17H14Cl2F3N2O5P. The summed E-state index contributed by atoms with van der Waals surface area (Å²) in [6.07, 6.45) is -5.23. The maximum absolute atomic E-state index is 14.0. The lowest BCUT2D eigenvalue weighted by Gasteiger charge is -2.35. The Hall–Kier alpha value is -2.02. The number of aliphatic carboxylic acids is 1. The van der Waals surface area contributed by atoms with E-state index in [4.69, 9.17) is 32.2 Å². The number of alkyl halides is 3. The molecule has 1 heterocycles. The molecular weight excluding hydrogens is 471 g/mol. The fraction of sp³-hybridized carbons (Fsp3) is 0.294. The molecule has 0 bridgehead atoms. The number of nitrogens with zero attached hydrogens (tertiary/aromatic N) is 2. The van der Waals surface area contributed by atoms with E-state index in [0.29, 0.717) is 0 Å². The second kappa shape index (κ2) is 8.25. The van der Waals surface area contributed by atoms with E-state index in [2.05, 4.69) is 0 Å². The van der Waals surface area contributed by atoms with Crippen LogP contribution in [0.3, 0.4) is 0 Å². The summed E-state index contributed by atoms with van der Waals surface area (Å²) in [5.74, 6) is -1.97. The lowest BCUT2D eigenvalue weighted by molar-refractivity contribution is -0.150. The predicted octanol–water partition coefficient (Wildman–Crippen LogP) is 5.60. The summed E-state index contributed by atoms with van der Waals surface area (Å²) in [5.41, 5.74) is -2.92. The van der Waals surface area contributed by atoms with E-state index in [1.54, 1.807) is 6.07 Å². The highest BCUT2D eigenvalue weighted by molar-refractivity contribution is 7.55. The standard InChI is InChI=1S/C17H14Cl2F3N2O5P/c1-16(15(25)26,30(27,28-2)29-3)24-13(9-4-6-10(18)7-5-9)11(8-23)12(19)14(24)17(20,21)22/h4-7H,1-3H3,(H,25,26). The van der Waals surface area contributed by atoms with Gasteiger partial charge in [0.05, 0.1) is 16.3 Å². The topological polar surface area (TPSA) is 102 Å². The predicted molar refractivity (Wildman–Crippen MR) is 103 cm³/mol. The number of hydrogen-bond acceptors (Lipinski definition) is 5. The number of carboxylic acids is 1. The van der Waals surface area contributed by atoms with Gasteiger partial charge in [-0.25, -0.2) is 4.79 Å². The molecule has 0 spiro atoms. The molecule has 0 aliphatic carbocycles. The lowest BCUT2D eigenvalue weighted by atomic mass is 10.1. The van der Waals surface area contributed by atoms with Gasteiger partial charge in [0, 0.05) is 19.2 Å². The molecule has 13 heteroatoms. The van der Waals surface area contributed by atoms with E-state index in [1.165, 1.54) is 24.3 Å². The Labute approximate surface area is 179 Å². The SMILES string of the molecule is COP(=O)(OC)C(C)(C(=O)O)n1c(-c2ccc(Cl)cc2)c(C#N)c(Cl)c1C(F)(F)F. The number of aromatic nitrogens is 1. The van der Waals surface area contributed by atoms with Gasteiger partial charge in [0.2, 0.25) is 5.28 Å². The van der Waals surface area contributed by atoms with E-state index in [0.717, 1.165) is 21.1 Å². The molecule has 0 amide bonds. The number of carbonyl (C=O) groups is 1. The minimum atomic E-state index is -5.23.